The van der Waals surface area contributed by atoms with Crippen molar-refractivity contribution in [3.05, 3.63) is 46.4 Å². The molecule has 2 nitrogen and oxygen atoms in total. The Morgan fingerprint density at radius 2 is 2.00 bits per heavy atom. The van der Waals surface area contributed by atoms with Crippen LogP contribution < -0.4 is 0 Å². The van der Waals surface area contributed by atoms with Crippen LogP contribution in [0.3, 0.4) is 0 Å². The van der Waals surface area contributed by atoms with Crippen LogP contribution in [0, 0.1) is 0 Å². The van der Waals surface area contributed by atoms with E-state index < -0.39 is 6.10 Å². The maximum absolute atomic E-state index is 10.5. The minimum Gasteiger partial charge on any atom is -0.388 e. The summed E-state index contributed by atoms with van der Waals surface area (Å²) in [6.07, 6.45) is 3.90. The molecule has 1 aliphatic rings. The molecule has 1 fully saturated rings. The van der Waals surface area contributed by atoms with Crippen molar-refractivity contribution in [2.24, 2.45) is 0 Å². The van der Waals surface area contributed by atoms with E-state index in [9.17, 15) is 5.11 Å². The van der Waals surface area contributed by atoms with E-state index in [-0.39, 0.29) is 0 Å². The molecule has 1 N–H and O–H groups in total. The molecule has 0 spiro atoms. The molecule has 0 radical (unpaired) electrons. The molecule has 106 valence electrons. The second kappa shape index (κ2) is 6.25. The van der Waals surface area contributed by atoms with Gasteiger partial charge in [0.15, 0.2) is 0 Å². The van der Waals surface area contributed by atoms with Crippen LogP contribution in [-0.4, -0.2) is 17.8 Å². The Balaban J connectivity index is 1.80. The number of benzene rings is 2. The Hall–Kier alpha value is -0.900. The lowest BCUT2D eigenvalue weighted by Crippen LogP contribution is -2.08. The Bertz CT molecular complexity index is 591. The normalized spacial score (nSPS) is 20.4. The quantitative estimate of drug-likeness (QED) is 0.885. The van der Waals surface area contributed by atoms with Crippen LogP contribution in [0.1, 0.15) is 37.4 Å². The molecule has 2 aromatic carbocycles. The Morgan fingerprint density at radius 3 is 2.75 bits per heavy atom. The summed E-state index contributed by atoms with van der Waals surface area (Å²) in [5, 5.41) is 12.8. The van der Waals surface area contributed by atoms with Gasteiger partial charge in [-0.05, 0) is 48.1 Å². The van der Waals surface area contributed by atoms with Crippen LogP contribution in [0.15, 0.2) is 40.9 Å². The molecule has 20 heavy (non-hydrogen) atoms. The number of hydrogen-bond acceptors (Lipinski definition) is 2. The van der Waals surface area contributed by atoms with Gasteiger partial charge in [-0.15, -0.1) is 0 Å². The van der Waals surface area contributed by atoms with E-state index in [2.05, 4.69) is 28.1 Å². The summed E-state index contributed by atoms with van der Waals surface area (Å²) >= 11 is 3.57. The highest BCUT2D eigenvalue weighted by molar-refractivity contribution is 9.10. The van der Waals surface area contributed by atoms with E-state index in [1.54, 1.807) is 0 Å². The molecule has 2 unspecified atom stereocenters. The Labute approximate surface area is 127 Å². The molecule has 0 bridgehead atoms. The van der Waals surface area contributed by atoms with Gasteiger partial charge in [-0.1, -0.05) is 46.3 Å². The summed E-state index contributed by atoms with van der Waals surface area (Å²) in [6, 6.07) is 12.2. The van der Waals surface area contributed by atoms with Gasteiger partial charge in [0.05, 0.1) is 12.2 Å². The van der Waals surface area contributed by atoms with E-state index in [0.717, 1.165) is 53.1 Å². The SMILES string of the molecule is OC(CCC1CCCO1)c1ccc(Br)c2ccccc12. The molecule has 0 saturated carbocycles. The van der Waals surface area contributed by atoms with Crippen molar-refractivity contribution in [2.75, 3.05) is 6.61 Å². The standard InChI is InChI=1S/C17H19BrO2/c18-16-9-8-15(13-5-1-2-6-14(13)16)17(19)10-7-12-4-3-11-20-12/h1-2,5-6,8-9,12,17,19H,3-4,7,10-11H2. The average molecular weight is 335 g/mol. The molecule has 2 atom stereocenters. The second-order valence-corrected chi connectivity index (χ2v) is 6.26. The third-order valence-corrected chi connectivity index (χ3v) is 4.74. The lowest BCUT2D eigenvalue weighted by Gasteiger charge is -2.16. The first kappa shape index (κ1) is 14.1. The first-order valence-corrected chi connectivity index (χ1v) is 8.02. The fourth-order valence-electron chi connectivity index (χ4n) is 2.95. The van der Waals surface area contributed by atoms with Crippen LogP contribution in [0.4, 0.5) is 0 Å². The second-order valence-electron chi connectivity index (χ2n) is 5.41. The highest BCUT2D eigenvalue weighted by Gasteiger charge is 2.19. The smallest absolute Gasteiger partial charge is 0.0797 e. The summed E-state index contributed by atoms with van der Waals surface area (Å²) in [5.41, 5.74) is 1.02. The van der Waals surface area contributed by atoms with Gasteiger partial charge < -0.3 is 9.84 Å². The number of ether oxygens (including phenoxy) is 1. The van der Waals surface area contributed by atoms with E-state index in [1.165, 1.54) is 0 Å². The van der Waals surface area contributed by atoms with Gasteiger partial charge in [0, 0.05) is 11.1 Å². The summed E-state index contributed by atoms with van der Waals surface area (Å²) in [5.74, 6) is 0. The van der Waals surface area contributed by atoms with Gasteiger partial charge in [0.2, 0.25) is 0 Å². The maximum Gasteiger partial charge on any atom is 0.0797 e. The largest absolute Gasteiger partial charge is 0.388 e. The van der Waals surface area contributed by atoms with Crippen molar-refractivity contribution in [3.8, 4) is 0 Å². The minimum absolute atomic E-state index is 0.339. The fourth-order valence-corrected chi connectivity index (χ4v) is 3.43. The monoisotopic (exact) mass is 334 g/mol. The first-order chi connectivity index (χ1) is 9.75. The molecule has 3 heteroatoms. The number of aliphatic hydroxyl groups is 1. The Morgan fingerprint density at radius 1 is 1.20 bits per heavy atom. The molecule has 1 heterocycles. The van der Waals surface area contributed by atoms with Crippen molar-refractivity contribution in [3.63, 3.8) is 0 Å². The summed E-state index contributed by atoms with van der Waals surface area (Å²) < 4.78 is 6.70. The van der Waals surface area contributed by atoms with Gasteiger partial charge in [-0.25, -0.2) is 0 Å². The summed E-state index contributed by atoms with van der Waals surface area (Å²) in [4.78, 5) is 0. The van der Waals surface area contributed by atoms with E-state index in [0.29, 0.717) is 6.10 Å². The molecule has 0 amide bonds. The molecular weight excluding hydrogens is 316 g/mol. The van der Waals surface area contributed by atoms with Crippen molar-refractivity contribution >= 4 is 26.7 Å². The maximum atomic E-state index is 10.5. The topological polar surface area (TPSA) is 29.5 Å². The highest BCUT2D eigenvalue weighted by Crippen LogP contribution is 2.32. The molecule has 1 saturated heterocycles. The van der Waals surface area contributed by atoms with Crippen LogP contribution in [0.2, 0.25) is 0 Å². The van der Waals surface area contributed by atoms with Crippen LogP contribution in [-0.2, 0) is 4.74 Å². The van der Waals surface area contributed by atoms with E-state index in [4.69, 9.17) is 4.74 Å². The van der Waals surface area contributed by atoms with Crippen LogP contribution in [0.25, 0.3) is 10.8 Å². The zero-order valence-electron chi connectivity index (χ0n) is 11.4. The van der Waals surface area contributed by atoms with Crippen molar-refractivity contribution in [1.29, 1.82) is 0 Å². The predicted octanol–water partition coefficient (Wildman–Crippen LogP) is 4.59. The average Bonchev–Trinajstić information content (AvgIpc) is 2.99. The highest BCUT2D eigenvalue weighted by atomic mass is 79.9. The van der Waals surface area contributed by atoms with E-state index in [1.807, 2.05) is 24.3 Å². The van der Waals surface area contributed by atoms with Crippen molar-refractivity contribution in [1.82, 2.24) is 0 Å². The number of halogens is 1. The lowest BCUT2D eigenvalue weighted by molar-refractivity contribution is 0.0815. The van der Waals surface area contributed by atoms with Crippen molar-refractivity contribution in [2.45, 2.75) is 37.9 Å². The van der Waals surface area contributed by atoms with Gasteiger partial charge in [0.1, 0.15) is 0 Å². The predicted molar refractivity (Wildman–Crippen MR) is 84.8 cm³/mol. The van der Waals surface area contributed by atoms with Gasteiger partial charge in [-0.3, -0.25) is 0 Å². The molecule has 2 aromatic rings. The third kappa shape index (κ3) is 2.90. The van der Waals surface area contributed by atoms with E-state index >= 15 is 0 Å². The molecule has 3 rings (SSSR count). The van der Waals surface area contributed by atoms with Gasteiger partial charge in [0.25, 0.3) is 0 Å². The zero-order chi connectivity index (χ0) is 13.9. The lowest BCUT2D eigenvalue weighted by atomic mass is 9.96. The first-order valence-electron chi connectivity index (χ1n) is 7.22. The van der Waals surface area contributed by atoms with Gasteiger partial charge in [-0.2, -0.15) is 0 Å². The van der Waals surface area contributed by atoms with Crippen LogP contribution >= 0.6 is 15.9 Å². The minimum atomic E-state index is -0.419. The number of hydrogen-bond donors (Lipinski definition) is 1. The zero-order valence-corrected chi connectivity index (χ0v) is 13.0. The summed E-state index contributed by atoms with van der Waals surface area (Å²) in [7, 11) is 0. The number of rotatable bonds is 4. The van der Waals surface area contributed by atoms with Gasteiger partial charge >= 0.3 is 0 Å². The molecule has 1 aliphatic heterocycles. The fraction of sp³-hybridized carbons (Fsp3) is 0.412. The number of aliphatic hydroxyl groups excluding tert-OH is 1. The van der Waals surface area contributed by atoms with Crippen molar-refractivity contribution < 1.29 is 9.84 Å². The third-order valence-electron chi connectivity index (χ3n) is 4.05. The molecule has 0 aromatic heterocycles. The van der Waals surface area contributed by atoms with Crippen LogP contribution in [0.5, 0.6) is 0 Å². The number of fused-ring (bicyclic) bond motifs is 1. The molecule has 0 aliphatic carbocycles. The summed E-state index contributed by atoms with van der Waals surface area (Å²) in [6.45, 7) is 0.877. The molecular formula is C17H19BrO2. The Kier molecular flexibility index (Phi) is 4.39.